The molecule has 7 heteroatoms. The maximum atomic E-state index is 12.1. The second-order valence-electron chi connectivity index (χ2n) is 23.9. The summed E-state index contributed by atoms with van der Waals surface area (Å²) >= 11 is 1.77. The molecular formula is C82H46N2O4S. The van der Waals surface area contributed by atoms with Gasteiger partial charge in [-0.3, -0.25) is 0 Å². The summed E-state index contributed by atoms with van der Waals surface area (Å²) in [6.45, 7) is 0. The summed E-state index contributed by atoms with van der Waals surface area (Å²) < 4.78 is 0. The topological polar surface area (TPSA) is 100 Å². The first-order chi connectivity index (χ1) is 43.8. The van der Waals surface area contributed by atoms with E-state index in [1.807, 2.05) is 24.3 Å². The Labute approximate surface area is 514 Å². The zero-order chi connectivity index (χ0) is 59.0. The molecule has 19 rings (SSSR count). The van der Waals surface area contributed by atoms with Gasteiger partial charge < -0.3 is 10.2 Å². The maximum Gasteiger partial charge on any atom is 0.335 e. The van der Waals surface area contributed by atoms with Crippen LogP contribution in [-0.2, 0) is 10.8 Å². The molecule has 0 saturated heterocycles. The SMILES string of the molecule is O=C(O)c1ccc(-c2ccc3c4ccc(-c5ccc(C(=O)O)cc5)cc4c4nc5c(-c6cccc7c6-c6ccccc6C76c7ccccc7-c7ccccc76)sc(-c6cccc7c6-c6ccccc6C76c7ccccc7-c7ccccc76)c5nc4c3c2)cc1. The van der Waals surface area contributed by atoms with Crippen LogP contribution >= 0.6 is 11.3 Å². The highest BCUT2D eigenvalue weighted by molar-refractivity contribution is 7.21. The van der Waals surface area contributed by atoms with E-state index in [-0.39, 0.29) is 11.1 Å². The lowest BCUT2D eigenvalue weighted by Gasteiger charge is -2.30. The zero-order valence-corrected chi connectivity index (χ0v) is 48.2. The standard InChI is InChI=1S/C82H46N2O4S/c85-79(86)47-35-31-45(32-36-47)49-39-41-51-52-42-40-50(46-33-37-48(38-34-46)80(87)88)44-62(52)74-73(61(51)43-49)83-75-76(84-74)78(60-22-14-30-70-72(60)58-20-6-12-28-68(58)82(70)65-25-9-3-17-55(65)56-18-4-10-26-66(56)82)89-77(75)59-21-13-29-69-71(59)57-19-5-11-27-67(57)81(69)63-23-7-1-15-53(63)54-16-2-8-24-64(54)81/h1-44H,(H,85,86)(H,87,88). The minimum atomic E-state index is -0.978. The third-order valence-electron chi connectivity index (χ3n) is 19.8. The summed E-state index contributed by atoms with van der Waals surface area (Å²) in [6.07, 6.45) is 0. The number of aromatic nitrogens is 2. The van der Waals surface area contributed by atoms with Crippen LogP contribution in [0.4, 0.5) is 0 Å². The number of benzene rings is 13. The van der Waals surface area contributed by atoms with E-state index in [1.54, 1.807) is 35.6 Å². The van der Waals surface area contributed by atoms with Gasteiger partial charge in [0.15, 0.2) is 0 Å². The van der Waals surface area contributed by atoms with Gasteiger partial charge in [0.1, 0.15) is 11.0 Å². The normalized spacial score (nSPS) is 13.8. The molecule has 0 amide bonds. The molecule has 0 saturated carbocycles. The van der Waals surface area contributed by atoms with E-state index in [4.69, 9.17) is 9.97 Å². The maximum absolute atomic E-state index is 12.1. The summed E-state index contributed by atoms with van der Waals surface area (Å²) in [5.41, 5.74) is 27.9. The van der Waals surface area contributed by atoms with Crippen molar-refractivity contribution < 1.29 is 19.8 Å². The van der Waals surface area contributed by atoms with E-state index < -0.39 is 22.8 Å². The molecule has 4 aliphatic carbocycles. The van der Waals surface area contributed by atoms with Gasteiger partial charge in [-0.25, -0.2) is 19.6 Å². The van der Waals surface area contributed by atoms with Crippen LogP contribution in [0.25, 0.3) is 131 Å². The highest BCUT2D eigenvalue weighted by atomic mass is 32.1. The van der Waals surface area contributed by atoms with E-state index in [1.165, 1.54) is 89.0 Å². The Hall–Kier alpha value is -11.4. The minimum Gasteiger partial charge on any atom is -0.478 e. The van der Waals surface area contributed by atoms with Gasteiger partial charge in [0, 0.05) is 21.9 Å². The fraction of sp³-hybridized carbons (Fsp3) is 0.0244. The fourth-order valence-electron chi connectivity index (χ4n) is 16.3. The van der Waals surface area contributed by atoms with Crippen molar-refractivity contribution in [3.05, 3.63) is 323 Å². The summed E-state index contributed by atoms with van der Waals surface area (Å²) in [6, 6.07) is 94.6. The first-order valence-electron chi connectivity index (χ1n) is 30.0. The van der Waals surface area contributed by atoms with Gasteiger partial charge in [0.2, 0.25) is 0 Å². The van der Waals surface area contributed by atoms with Crippen molar-refractivity contribution in [2.45, 2.75) is 10.8 Å². The first-order valence-corrected chi connectivity index (χ1v) is 30.8. The van der Waals surface area contributed by atoms with Gasteiger partial charge in [-0.05, 0) is 158 Å². The molecular weight excluding hydrogens is 1110 g/mol. The average Bonchev–Trinajstić information content (AvgIpc) is 1.58. The van der Waals surface area contributed by atoms with Crippen LogP contribution in [0.1, 0.15) is 65.2 Å². The van der Waals surface area contributed by atoms with Crippen LogP contribution in [0, 0.1) is 0 Å². The minimum absolute atomic E-state index is 0.219. The van der Waals surface area contributed by atoms with Gasteiger partial charge in [0.05, 0.1) is 42.7 Å². The lowest BCUT2D eigenvalue weighted by atomic mass is 9.70. The second-order valence-corrected chi connectivity index (χ2v) is 24.9. The van der Waals surface area contributed by atoms with Gasteiger partial charge in [0.25, 0.3) is 0 Å². The molecule has 2 N–H and O–H groups in total. The van der Waals surface area contributed by atoms with Crippen molar-refractivity contribution in [3.8, 4) is 87.6 Å². The quantitative estimate of drug-likeness (QED) is 0.161. The molecule has 0 aliphatic heterocycles. The average molecular weight is 1160 g/mol. The Morgan fingerprint density at radius 3 is 0.921 bits per heavy atom. The third kappa shape index (κ3) is 6.48. The van der Waals surface area contributed by atoms with Crippen molar-refractivity contribution in [1.29, 1.82) is 0 Å². The monoisotopic (exact) mass is 1150 g/mol. The fourth-order valence-corrected chi connectivity index (χ4v) is 17.5. The largest absolute Gasteiger partial charge is 0.478 e. The molecule has 0 bridgehead atoms. The van der Waals surface area contributed by atoms with Crippen molar-refractivity contribution >= 4 is 66.9 Å². The molecule has 414 valence electrons. The van der Waals surface area contributed by atoms with Crippen LogP contribution in [0.2, 0.25) is 0 Å². The van der Waals surface area contributed by atoms with Crippen molar-refractivity contribution in [2.75, 3.05) is 0 Å². The predicted octanol–water partition coefficient (Wildman–Crippen LogP) is 19.9. The number of carboxylic acid groups (broad SMARTS) is 2. The molecule has 0 unspecified atom stereocenters. The molecule has 13 aromatic carbocycles. The summed E-state index contributed by atoms with van der Waals surface area (Å²) in [5, 5.41) is 23.6. The molecule has 15 aromatic rings. The molecule has 2 spiro atoms. The molecule has 2 heterocycles. The van der Waals surface area contributed by atoms with Crippen LogP contribution in [0.15, 0.2) is 267 Å². The Kier molecular flexibility index (Phi) is 10.1. The smallest absolute Gasteiger partial charge is 0.335 e. The van der Waals surface area contributed by atoms with E-state index in [0.717, 1.165) is 86.7 Å². The van der Waals surface area contributed by atoms with E-state index in [2.05, 4.69) is 218 Å². The Morgan fingerprint density at radius 1 is 0.281 bits per heavy atom. The van der Waals surface area contributed by atoms with E-state index in [9.17, 15) is 19.8 Å². The third-order valence-corrected chi connectivity index (χ3v) is 21.1. The molecule has 0 atom stereocenters. The van der Waals surface area contributed by atoms with Crippen molar-refractivity contribution in [3.63, 3.8) is 0 Å². The highest BCUT2D eigenvalue weighted by Gasteiger charge is 2.54. The number of carboxylic acids is 2. The molecule has 6 nitrogen and oxygen atoms in total. The van der Waals surface area contributed by atoms with Gasteiger partial charge in [-0.2, -0.15) is 0 Å². The predicted molar refractivity (Wildman–Crippen MR) is 358 cm³/mol. The van der Waals surface area contributed by atoms with Crippen molar-refractivity contribution in [2.24, 2.45) is 0 Å². The number of nitrogens with zero attached hydrogens (tertiary/aromatic N) is 2. The van der Waals surface area contributed by atoms with Gasteiger partial charge >= 0.3 is 11.9 Å². The number of hydrogen-bond donors (Lipinski definition) is 2. The second kappa shape index (κ2) is 18.1. The number of rotatable bonds is 6. The molecule has 89 heavy (non-hydrogen) atoms. The molecule has 2 aromatic heterocycles. The highest BCUT2D eigenvalue weighted by Crippen LogP contribution is 2.67. The lowest BCUT2D eigenvalue weighted by Crippen LogP contribution is -2.25. The van der Waals surface area contributed by atoms with Gasteiger partial charge in [-0.1, -0.05) is 231 Å². The van der Waals surface area contributed by atoms with Crippen LogP contribution in [-0.4, -0.2) is 32.1 Å². The zero-order valence-electron chi connectivity index (χ0n) is 47.4. The number of hydrogen-bond acceptors (Lipinski definition) is 5. The van der Waals surface area contributed by atoms with Gasteiger partial charge in [-0.15, -0.1) is 11.3 Å². The number of aromatic carboxylic acids is 2. The van der Waals surface area contributed by atoms with E-state index in [0.29, 0.717) is 0 Å². The summed E-state index contributed by atoms with van der Waals surface area (Å²) in [4.78, 5) is 38.4. The van der Waals surface area contributed by atoms with Crippen LogP contribution in [0.5, 0.6) is 0 Å². The van der Waals surface area contributed by atoms with Crippen molar-refractivity contribution in [1.82, 2.24) is 9.97 Å². The number of carbonyl (C=O) groups is 2. The Balaban J connectivity index is 0.950. The molecule has 0 fully saturated rings. The summed E-state index contributed by atoms with van der Waals surface area (Å²) in [7, 11) is 0. The van der Waals surface area contributed by atoms with Crippen LogP contribution in [0.3, 0.4) is 0 Å². The van der Waals surface area contributed by atoms with Crippen LogP contribution < -0.4 is 0 Å². The number of fused-ring (bicyclic) bond motifs is 27. The summed E-state index contributed by atoms with van der Waals surface area (Å²) in [5.74, 6) is -1.96. The Bertz CT molecular complexity index is 5260. The number of thiophene rings is 1. The molecule has 0 radical (unpaired) electrons. The van der Waals surface area contributed by atoms with E-state index >= 15 is 0 Å². The first kappa shape index (κ1) is 49.8. The molecule has 4 aliphatic rings. The Morgan fingerprint density at radius 2 is 0.573 bits per heavy atom. The lowest BCUT2D eigenvalue weighted by molar-refractivity contribution is 0.0686.